The van der Waals surface area contributed by atoms with Crippen LogP contribution in [0, 0.1) is 0 Å². The van der Waals surface area contributed by atoms with Crippen LogP contribution in [0.15, 0.2) is 36.0 Å². The lowest BCUT2D eigenvalue weighted by Crippen LogP contribution is -2.40. The first-order valence-corrected chi connectivity index (χ1v) is 8.21. The molecule has 0 aliphatic heterocycles. The van der Waals surface area contributed by atoms with Gasteiger partial charge in [-0.25, -0.2) is 4.79 Å². The Morgan fingerprint density at radius 3 is 2.95 bits per heavy atom. The van der Waals surface area contributed by atoms with Crippen LogP contribution in [-0.4, -0.2) is 17.1 Å². The van der Waals surface area contributed by atoms with Crippen molar-refractivity contribution in [3.63, 3.8) is 0 Å². The molecule has 2 heterocycles. The van der Waals surface area contributed by atoms with Crippen molar-refractivity contribution >= 4 is 17.4 Å². The van der Waals surface area contributed by atoms with Crippen LogP contribution in [0.1, 0.15) is 31.2 Å². The molecule has 0 atom stereocenters. The normalized spacial score (nSPS) is 15.0. The van der Waals surface area contributed by atoms with E-state index in [-0.39, 0.29) is 6.03 Å². The van der Waals surface area contributed by atoms with Gasteiger partial charge in [0.15, 0.2) is 0 Å². The van der Waals surface area contributed by atoms with Gasteiger partial charge in [-0.1, -0.05) is 18.9 Å². The summed E-state index contributed by atoms with van der Waals surface area (Å²) in [5.74, 6) is 0. The summed E-state index contributed by atoms with van der Waals surface area (Å²) in [6.45, 7) is 0.505. The van der Waals surface area contributed by atoms with Gasteiger partial charge in [0, 0.05) is 35.4 Å². The molecule has 4 nitrogen and oxygen atoms in total. The molecule has 110 valence electrons. The molecule has 1 fully saturated rings. The lowest BCUT2D eigenvalue weighted by molar-refractivity contribution is 0.236. The number of pyridine rings is 1. The van der Waals surface area contributed by atoms with E-state index in [0.717, 1.165) is 24.0 Å². The second-order valence-corrected chi connectivity index (χ2v) is 6.32. The summed E-state index contributed by atoms with van der Waals surface area (Å²) >= 11 is 1.69. The van der Waals surface area contributed by atoms with Crippen molar-refractivity contribution in [2.75, 3.05) is 0 Å². The molecule has 0 saturated heterocycles. The zero-order valence-electron chi connectivity index (χ0n) is 11.8. The van der Waals surface area contributed by atoms with Crippen molar-refractivity contribution in [2.24, 2.45) is 0 Å². The summed E-state index contributed by atoms with van der Waals surface area (Å²) in [5, 5.41) is 7.99. The van der Waals surface area contributed by atoms with Crippen molar-refractivity contribution in [3.05, 3.63) is 41.5 Å². The van der Waals surface area contributed by atoms with Crippen LogP contribution in [0.5, 0.6) is 0 Å². The van der Waals surface area contributed by atoms with Crippen LogP contribution in [0.2, 0.25) is 0 Å². The molecule has 2 aromatic rings. The van der Waals surface area contributed by atoms with E-state index < -0.39 is 0 Å². The second kappa shape index (κ2) is 6.72. The summed E-state index contributed by atoms with van der Waals surface area (Å²) in [4.78, 5) is 17.3. The van der Waals surface area contributed by atoms with Gasteiger partial charge in [0.25, 0.3) is 0 Å². The Morgan fingerprint density at radius 2 is 2.19 bits per heavy atom. The Hall–Kier alpha value is -1.88. The number of aromatic nitrogens is 1. The maximum Gasteiger partial charge on any atom is 0.315 e. The van der Waals surface area contributed by atoms with Crippen LogP contribution in [0.25, 0.3) is 10.4 Å². The van der Waals surface area contributed by atoms with Gasteiger partial charge in [-0.15, -0.1) is 11.3 Å². The summed E-state index contributed by atoms with van der Waals surface area (Å²) in [5.41, 5.74) is 2.11. The highest BCUT2D eigenvalue weighted by molar-refractivity contribution is 7.13. The van der Waals surface area contributed by atoms with E-state index in [4.69, 9.17) is 0 Å². The Labute approximate surface area is 128 Å². The highest BCUT2D eigenvalue weighted by Crippen LogP contribution is 2.24. The van der Waals surface area contributed by atoms with Gasteiger partial charge in [0.1, 0.15) is 0 Å². The van der Waals surface area contributed by atoms with Crippen molar-refractivity contribution in [3.8, 4) is 10.4 Å². The third kappa shape index (κ3) is 3.82. The topological polar surface area (TPSA) is 54.0 Å². The molecule has 2 N–H and O–H groups in total. The first kappa shape index (κ1) is 14.1. The maximum absolute atomic E-state index is 11.8. The number of thiophene rings is 1. The third-order valence-electron chi connectivity index (χ3n) is 3.74. The first-order valence-electron chi connectivity index (χ1n) is 7.33. The van der Waals surface area contributed by atoms with Crippen LogP contribution in [0.4, 0.5) is 4.79 Å². The number of hydrogen-bond acceptors (Lipinski definition) is 3. The molecule has 21 heavy (non-hydrogen) atoms. The number of amides is 2. The van der Waals surface area contributed by atoms with Crippen molar-refractivity contribution in [2.45, 2.75) is 38.3 Å². The van der Waals surface area contributed by atoms with E-state index in [1.54, 1.807) is 17.5 Å². The van der Waals surface area contributed by atoms with Crippen LogP contribution >= 0.6 is 11.3 Å². The SMILES string of the molecule is O=C(NCc1cncc(-c2cccs2)c1)NC1CCCC1. The molecule has 0 unspecified atom stereocenters. The fourth-order valence-corrected chi connectivity index (χ4v) is 3.36. The van der Waals surface area contributed by atoms with Gasteiger partial charge in [-0.2, -0.15) is 0 Å². The highest BCUT2D eigenvalue weighted by Gasteiger charge is 2.16. The van der Waals surface area contributed by atoms with Crippen LogP contribution < -0.4 is 10.6 Å². The van der Waals surface area contributed by atoms with E-state index in [1.165, 1.54) is 17.7 Å². The minimum absolute atomic E-state index is 0.0802. The number of urea groups is 1. The number of nitrogens with one attached hydrogen (secondary N) is 2. The average Bonchev–Trinajstić information content (AvgIpc) is 3.19. The first-order chi connectivity index (χ1) is 10.3. The van der Waals surface area contributed by atoms with E-state index in [2.05, 4.69) is 33.1 Å². The van der Waals surface area contributed by atoms with Gasteiger partial charge in [-0.3, -0.25) is 4.98 Å². The Morgan fingerprint density at radius 1 is 1.33 bits per heavy atom. The number of nitrogens with zero attached hydrogens (tertiary/aromatic N) is 1. The lowest BCUT2D eigenvalue weighted by Gasteiger charge is -2.13. The average molecular weight is 301 g/mol. The predicted molar refractivity (Wildman–Crippen MR) is 85.2 cm³/mol. The van der Waals surface area contributed by atoms with Crippen LogP contribution in [0.3, 0.4) is 0 Å². The smallest absolute Gasteiger partial charge is 0.315 e. The largest absolute Gasteiger partial charge is 0.335 e. The Balaban J connectivity index is 1.55. The molecule has 1 aliphatic carbocycles. The van der Waals surface area contributed by atoms with Gasteiger partial charge >= 0.3 is 6.03 Å². The number of carbonyl (C=O) groups is 1. The zero-order valence-corrected chi connectivity index (χ0v) is 12.7. The maximum atomic E-state index is 11.8. The molecule has 2 aromatic heterocycles. The quantitative estimate of drug-likeness (QED) is 0.907. The Kier molecular flexibility index (Phi) is 4.50. The number of hydrogen-bond donors (Lipinski definition) is 2. The number of rotatable bonds is 4. The summed E-state index contributed by atoms with van der Waals surface area (Å²) in [7, 11) is 0. The van der Waals surface area contributed by atoms with Crippen LogP contribution in [-0.2, 0) is 6.54 Å². The van der Waals surface area contributed by atoms with Crippen molar-refractivity contribution in [1.29, 1.82) is 0 Å². The molecule has 0 aromatic carbocycles. The molecule has 1 saturated carbocycles. The highest BCUT2D eigenvalue weighted by atomic mass is 32.1. The van der Waals surface area contributed by atoms with Gasteiger partial charge in [-0.05, 0) is 35.9 Å². The fraction of sp³-hybridized carbons (Fsp3) is 0.375. The lowest BCUT2D eigenvalue weighted by atomic mass is 10.2. The molecule has 0 spiro atoms. The van der Waals surface area contributed by atoms with Gasteiger partial charge in [0.2, 0.25) is 0 Å². The molecule has 0 radical (unpaired) electrons. The second-order valence-electron chi connectivity index (χ2n) is 5.37. The van der Waals surface area contributed by atoms with E-state index >= 15 is 0 Å². The minimum atomic E-state index is -0.0802. The van der Waals surface area contributed by atoms with Crippen molar-refractivity contribution in [1.82, 2.24) is 15.6 Å². The van der Waals surface area contributed by atoms with E-state index in [0.29, 0.717) is 12.6 Å². The van der Waals surface area contributed by atoms with Gasteiger partial charge in [0.05, 0.1) is 0 Å². The molecule has 1 aliphatic rings. The molecule has 2 amide bonds. The summed E-state index contributed by atoms with van der Waals surface area (Å²) in [6.07, 6.45) is 8.29. The molecule has 3 rings (SSSR count). The third-order valence-corrected chi connectivity index (χ3v) is 4.66. The molecule has 0 bridgehead atoms. The minimum Gasteiger partial charge on any atom is -0.335 e. The molecular formula is C16H19N3OS. The predicted octanol–water partition coefficient (Wildman–Crippen LogP) is 3.55. The Bertz CT molecular complexity index is 591. The van der Waals surface area contributed by atoms with Crippen molar-refractivity contribution < 1.29 is 4.79 Å². The molecule has 5 heteroatoms. The zero-order chi connectivity index (χ0) is 14.5. The molecular weight excluding hydrogens is 282 g/mol. The van der Waals surface area contributed by atoms with E-state index in [1.807, 2.05) is 12.3 Å². The van der Waals surface area contributed by atoms with E-state index in [9.17, 15) is 4.79 Å². The summed E-state index contributed by atoms with van der Waals surface area (Å²) < 4.78 is 0. The van der Waals surface area contributed by atoms with Gasteiger partial charge < -0.3 is 10.6 Å². The standard InChI is InChI=1S/C16H19N3OS/c20-16(19-14-4-1-2-5-14)18-10-12-8-13(11-17-9-12)15-6-3-7-21-15/h3,6-9,11,14H,1-2,4-5,10H2,(H2,18,19,20). The fourth-order valence-electron chi connectivity index (χ4n) is 2.65. The monoisotopic (exact) mass is 301 g/mol. The number of carbonyl (C=O) groups excluding carboxylic acids is 1. The summed E-state index contributed by atoms with van der Waals surface area (Å²) in [6, 6.07) is 6.45.